The lowest BCUT2D eigenvalue weighted by atomic mass is 10.2. The zero-order valence-corrected chi connectivity index (χ0v) is 11.3. The highest BCUT2D eigenvalue weighted by Crippen LogP contribution is 2.27. The third kappa shape index (κ3) is 4.22. The van der Waals surface area contributed by atoms with E-state index in [9.17, 15) is 14.7 Å². The van der Waals surface area contributed by atoms with Gasteiger partial charge in [-0.1, -0.05) is 6.07 Å². The van der Waals surface area contributed by atoms with Crippen LogP contribution in [0, 0.1) is 0 Å². The highest BCUT2D eigenvalue weighted by Gasteiger charge is 2.21. The predicted molar refractivity (Wildman–Crippen MR) is 67.4 cm³/mol. The summed E-state index contributed by atoms with van der Waals surface area (Å²) in [5.74, 6) is -3.17. The van der Waals surface area contributed by atoms with E-state index in [2.05, 4.69) is 0 Å². The number of aliphatic hydroxyl groups excluding tert-OH is 1. The number of esters is 1. The minimum Gasteiger partial charge on any atom is -0.869 e. The molecule has 0 heterocycles. The summed E-state index contributed by atoms with van der Waals surface area (Å²) >= 11 is 0. The summed E-state index contributed by atoms with van der Waals surface area (Å²) in [6.07, 6.45) is 0. The van der Waals surface area contributed by atoms with E-state index in [0.717, 1.165) is 6.07 Å². The molecule has 1 aromatic rings. The van der Waals surface area contributed by atoms with Gasteiger partial charge in [0.1, 0.15) is 12.3 Å². The number of carbonyl (C=O) groups excluding carboxylic acids is 1. The molecule has 0 atom stereocenters. The lowest BCUT2D eigenvalue weighted by Gasteiger charge is -2.27. The Kier molecular flexibility index (Phi) is 5.06. The number of hydrogen-bond acceptors (Lipinski definition) is 5. The zero-order valence-electron chi connectivity index (χ0n) is 11.3. The first-order chi connectivity index (χ1) is 9.26. The van der Waals surface area contributed by atoms with Crippen molar-refractivity contribution >= 4 is 11.9 Å². The van der Waals surface area contributed by atoms with Gasteiger partial charge in [0.2, 0.25) is 0 Å². The van der Waals surface area contributed by atoms with E-state index in [1.807, 2.05) is 0 Å². The third-order valence-electron chi connectivity index (χ3n) is 2.70. The Morgan fingerprint density at radius 3 is 2.55 bits per heavy atom. The van der Waals surface area contributed by atoms with Gasteiger partial charge in [-0.15, -0.1) is 0 Å². The van der Waals surface area contributed by atoms with E-state index >= 15 is 0 Å². The van der Waals surface area contributed by atoms with Crippen LogP contribution >= 0.6 is 0 Å². The molecule has 0 unspecified atom stereocenters. The molecule has 0 bridgehead atoms. The van der Waals surface area contributed by atoms with Gasteiger partial charge in [-0.3, -0.25) is 0 Å². The molecule has 110 valence electrons. The maximum atomic E-state index is 11.7. The molecular weight excluding hydrogens is 266 g/mol. The Bertz CT molecular complexity index is 512. The van der Waals surface area contributed by atoms with Crippen molar-refractivity contribution in [3.8, 4) is 11.5 Å². The van der Waals surface area contributed by atoms with E-state index < -0.39 is 23.3 Å². The van der Waals surface area contributed by atoms with E-state index in [1.54, 1.807) is 14.1 Å². The Morgan fingerprint density at radius 2 is 2.00 bits per heavy atom. The summed E-state index contributed by atoms with van der Waals surface area (Å²) in [5.41, 5.74) is -0.445. The van der Waals surface area contributed by atoms with Crippen molar-refractivity contribution < 1.29 is 34.1 Å². The van der Waals surface area contributed by atoms with Crippen LogP contribution in [0.2, 0.25) is 0 Å². The number of carboxylic acids is 1. The normalized spacial score (nSPS) is 11.2. The van der Waals surface area contributed by atoms with Gasteiger partial charge in [0, 0.05) is 0 Å². The fourth-order valence-corrected chi connectivity index (χ4v) is 1.62. The Hall–Kier alpha value is -2.12. The Labute approximate surface area is 116 Å². The van der Waals surface area contributed by atoms with Crippen molar-refractivity contribution in [1.82, 2.24) is 0 Å². The maximum Gasteiger partial charge on any atom is 0.367 e. The molecule has 7 nitrogen and oxygen atoms in total. The lowest BCUT2D eigenvalue weighted by Crippen LogP contribution is -2.46. The first-order valence-electron chi connectivity index (χ1n) is 5.93. The number of para-hydroxylation sites is 1. The fourth-order valence-electron chi connectivity index (χ4n) is 1.62. The molecule has 1 rings (SSSR count). The number of ether oxygens (including phenoxy) is 1. The highest BCUT2D eigenvalue weighted by molar-refractivity contribution is 5.92. The number of carboxylic acid groups (broad SMARTS) is 1. The first-order valence-corrected chi connectivity index (χ1v) is 5.93. The smallest absolute Gasteiger partial charge is 0.367 e. The number of hydrogen-bond donors (Lipinski definition) is 2. The van der Waals surface area contributed by atoms with Crippen LogP contribution < -0.4 is 9.84 Å². The van der Waals surface area contributed by atoms with Gasteiger partial charge in [-0.25, -0.2) is 9.59 Å². The van der Waals surface area contributed by atoms with Crippen molar-refractivity contribution in [2.45, 2.75) is 0 Å². The minimum absolute atomic E-state index is 0.0443. The number of rotatable bonds is 6. The second-order valence-electron chi connectivity index (χ2n) is 4.95. The number of benzene rings is 1. The topological polar surface area (TPSA) is 107 Å². The molecule has 0 aliphatic carbocycles. The van der Waals surface area contributed by atoms with Crippen molar-refractivity contribution in [1.29, 1.82) is 0 Å². The molecule has 0 saturated heterocycles. The molecule has 0 fully saturated rings. The van der Waals surface area contributed by atoms with Gasteiger partial charge in [-0.2, -0.15) is 0 Å². The van der Waals surface area contributed by atoms with Crippen LogP contribution in [0.3, 0.4) is 0 Å². The van der Waals surface area contributed by atoms with Crippen molar-refractivity contribution in [2.75, 3.05) is 33.8 Å². The van der Waals surface area contributed by atoms with Crippen LogP contribution in [0.15, 0.2) is 18.2 Å². The number of carbonyl (C=O) groups is 2. The van der Waals surface area contributed by atoms with E-state index in [0.29, 0.717) is 6.54 Å². The summed E-state index contributed by atoms with van der Waals surface area (Å²) < 4.78 is 5.10. The Balaban J connectivity index is 2.82. The van der Waals surface area contributed by atoms with Crippen molar-refractivity contribution in [3.63, 3.8) is 0 Å². The standard InChI is InChI=1S/C13H17NO6/c1-14(2,6-7-15)8-11(16)20-10-5-3-4-9(12(10)17)13(18)19/h3-5,15H,6-8H2,1-2H3,(H-,17,18,19). The number of likely N-dealkylation sites (N-methyl/N-ethyl adjacent to an activating group) is 1. The molecule has 0 radical (unpaired) electrons. The van der Waals surface area contributed by atoms with Gasteiger partial charge in [-0.05, 0) is 17.9 Å². The van der Waals surface area contributed by atoms with Crippen LogP contribution in [0.1, 0.15) is 10.4 Å². The van der Waals surface area contributed by atoms with Gasteiger partial charge in [0.25, 0.3) is 0 Å². The number of quaternary nitrogens is 1. The summed E-state index contributed by atoms with van der Waals surface area (Å²) in [7, 11) is 3.45. The van der Waals surface area contributed by atoms with Crippen molar-refractivity contribution in [2.24, 2.45) is 0 Å². The van der Waals surface area contributed by atoms with Gasteiger partial charge in [0.15, 0.2) is 6.54 Å². The predicted octanol–water partition coefficient (Wildman–Crippen LogP) is -0.567. The second-order valence-corrected chi connectivity index (χ2v) is 4.95. The summed E-state index contributed by atoms with van der Waals surface area (Å²) in [6.45, 7) is 0.230. The minimum atomic E-state index is -1.37. The van der Waals surface area contributed by atoms with Gasteiger partial charge in [0.05, 0.1) is 26.3 Å². The molecule has 2 N–H and O–H groups in total. The van der Waals surface area contributed by atoms with Gasteiger partial charge < -0.3 is 24.5 Å². The lowest BCUT2D eigenvalue weighted by molar-refractivity contribution is -0.883. The first kappa shape index (κ1) is 15.9. The number of nitrogens with zero attached hydrogens (tertiary/aromatic N) is 1. The largest absolute Gasteiger partial charge is 0.869 e. The second kappa shape index (κ2) is 6.36. The molecule has 0 amide bonds. The zero-order chi connectivity index (χ0) is 15.3. The Morgan fingerprint density at radius 1 is 1.35 bits per heavy atom. The summed E-state index contributed by atoms with van der Waals surface area (Å²) in [5, 5.41) is 29.4. The molecule has 20 heavy (non-hydrogen) atoms. The molecule has 0 aromatic heterocycles. The van der Waals surface area contributed by atoms with Crippen LogP contribution in [0.5, 0.6) is 11.5 Å². The quantitative estimate of drug-likeness (QED) is 0.411. The molecule has 0 aliphatic rings. The molecule has 0 saturated carbocycles. The summed E-state index contributed by atoms with van der Waals surface area (Å²) in [6, 6.07) is 3.73. The van der Waals surface area contributed by atoms with Crippen LogP contribution in [-0.2, 0) is 4.79 Å². The molecule has 7 heteroatoms. The van der Waals surface area contributed by atoms with Crippen LogP contribution in [-0.4, -0.2) is 60.4 Å². The molecular formula is C13H17NO6. The van der Waals surface area contributed by atoms with E-state index in [-0.39, 0.29) is 23.4 Å². The number of aromatic carboxylic acids is 1. The fraction of sp³-hybridized carbons (Fsp3) is 0.385. The maximum absolute atomic E-state index is 11.7. The molecule has 0 aliphatic heterocycles. The van der Waals surface area contributed by atoms with Crippen LogP contribution in [0.4, 0.5) is 0 Å². The van der Waals surface area contributed by atoms with Crippen molar-refractivity contribution in [3.05, 3.63) is 23.8 Å². The van der Waals surface area contributed by atoms with E-state index in [4.69, 9.17) is 14.9 Å². The SMILES string of the molecule is C[N+](C)(CCO)CC(=O)Oc1cccc(C(=O)O)c1[O-]. The summed E-state index contributed by atoms with van der Waals surface area (Å²) in [4.78, 5) is 22.5. The number of aliphatic hydroxyl groups is 1. The van der Waals surface area contributed by atoms with E-state index in [1.165, 1.54) is 12.1 Å². The monoisotopic (exact) mass is 283 g/mol. The third-order valence-corrected chi connectivity index (χ3v) is 2.70. The highest BCUT2D eigenvalue weighted by atomic mass is 16.5. The molecule has 0 spiro atoms. The molecule has 1 aromatic carbocycles. The average Bonchev–Trinajstić information content (AvgIpc) is 2.30. The van der Waals surface area contributed by atoms with Crippen LogP contribution in [0.25, 0.3) is 0 Å². The van der Waals surface area contributed by atoms with Gasteiger partial charge >= 0.3 is 11.9 Å². The average molecular weight is 283 g/mol.